The Morgan fingerprint density at radius 3 is 1.54 bits per heavy atom. The summed E-state index contributed by atoms with van der Waals surface area (Å²) in [6.07, 6.45) is 4.66. The van der Waals surface area contributed by atoms with Crippen molar-refractivity contribution in [2.24, 2.45) is 0 Å². The van der Waals surface area contributed by atoms with Crippen molar-refractivity contribution in [3.8, 4) is 11.1 Å². The predicted molar refractivity (Wildman–Crippen MR) is 291 cm³/mol. The topological polar surface area (TPSA) is 6.48 Å². The van der Waals surface area contributed by atoms with Crippen LogP contribution in [0.1, 0.15) is 180 Å². The zero-order valence-electron chi connectivity index (χ0n) is 44.0. The second-order valence-electron chi connectivity index (χ2n) is 26.9. The van der Waals surface area contributed by atoms with E-state index in [4.69, 9.17) is 0 Å². The molecule has 344 valence electrons. The number of rotatable bonds is 3. The molecule has 3 heteroatoms. The Labute approximate surface area is 404 Å². The number of hydrogen-bond acceptors (Lipinski definition) is 2. The van der Waals surface area contributed by atoms with Gasteiger partial charge in [-0.25, -0.2) is 0 Å². The standard InChI is InChI=1S/C64H75BN2/c1-38-29-44-46(63(14,15)36-61(44,10)11)34-52(38)67-53-35-47-45(62(12,13)37-64(47,16)17)33-49(53)65-48-30-41(40-21-19-18-20-22-40)23-25-51(48)66(54-31-42(58(3,4)5)32-55(67)57(54)65)50-26-24-43-56(39(50)2)60(8,9)28-27-59(43,6)7/h18-26,29-35H,27-28,36-37H2,1-17H3. The minimum atomic E-state index is -0.101. The van der Waals surface area contributed by atoms with E-state index in [9.17, 15) is 0 Å². The molecule has 2 heterocycles. The van der Waals surface area contributed by atoms with Gasteiger partial charge in [0, 0.05) is 34.1 Å². The van der Waals surface area contributed by atoms with Gasteiger partial charge in [0.25, 0.3) is 6.71 Å². The van der Waals surface area contributed by atoms with Gasteiger partial charge in [-0.05, 0) is 191 Å². The summed E-state index contributed by atoms with van der Waals surface area (Å²) in [5.74, 6) is 0. The van der Waals surface area contributed by atoms with Crippen molar-refractivity contribution in [1.82, 2.24) is 0 Å². The first kappa shape index (κ1) is 44.5. The molecule has 0 saturated heterocycles. The molecule has 0 N–H and O–H groups in total. The molecule has 0 saturated carbocycles. The van der Waals surface area contributed by atoms with E-state index >= 15 is 0 Å². The fourth-order valence-corrected chi connectivity index (χ4v) is 14.8. The number of anilines is 6. The van der Waals surface area contributed by atoms with Crippen molar-refractivity contribution < 1.29 is 0 Å². The molecule has 3 aliphatic carbocycles. The second kappa shape index (κ2) is 13.8. The lowest BCUT2D eigenvalue weighted by Gasteiger charge is -2.47. The molecule has 0 fully saturated rings. The van der Waals surface area contributed by atoms with Crippen LogP contribution >= 0.6 is 0 Å². The number of hydrogen-bond donors (Lipinski definition) is 0. The van der Waals surface area contributed by atoms with Gasteiger partial charge in [0.2, 0.25) is 0 Å². The van der Waals surface area contributed by atoms with Crippen molar-refractivity contribution >= 4 is 57.2 Å². The van der Waals surface area contributed by atoms with Gasteiger partial charge in [0.1, 0.15) is 0 Å². The van der Waals surface area contributed by atoms with Crippen LogP contribution in [0.15, 0.2) is 97.1 Å². The Morgan fingerprint density at radius 1 is 0.433 bits per heavy atom. The molecule has 0 bridgehead atoms. The van der Waals surface area contributed by atoms with Crippen molar-refractivity contribution in [2.45, 2.75) is 181 Å². The quantitative estimate of drug-likeness (QED) is 0.163. The first-order valence-electron chi connectivity index (χ1n) is 25.6. The van der Waals surface area contributed by atoms with Gasteiger partial charge < -0.3 is 9.80 Å². The fraction of sp³-hybridized carbons (Fsp3) is 0.438. The highest BCUT2D eigenvalue weighted by molar-refractivity contribution is 7.00. The molecule has 11 rings (SSSR count). The SMILES string of the molecule is Cc1cc2c(cc1N1c3cc4c(cc3B3c5cc(-c6ccccc6)ccc5N(c5ccc6c(c5C)C(C)(C)CCC6(C)C)c5cc(C(C)(C)C)cc1c53)C(C)(C)CC4(C)C)C(C)(C)CC2(C)C. The summed E-state index contributed by atoms with van der Waals surface area (Å²) in [6, 6.07) is 39.3. The Morgan fingerprint density at radius 2 is 0.940 bits per heavy atom. The van der Waals surface area contributed by atoms with Crippen molar-refractivity contribution in [3.63, 3.8) is 0 Å². The molecule has 0 radical (unpaired) electrons. The zero-order chi connectivity index (χ0) is 47.9. The van der Waals surface area contributed by atoms with E-state index in [2.05, 4.69) is 225 Å². The van der Waals surface area contributed by atoms with Crippen LogP contribution in [0.2, 0.25) is 0 Å². The average molecular weight is 883 g/mol. The third-order valence-electron chi connectivity index (χ3n) is 17.9. The summed E-state index contributed by atoms with van der Waals surface area (Å²) in [5.41, 5.74) is 28.2. The first-order chi connectivity index (χ1) is 31.1. The van der Waals surface area contributed by atoms with Crippen LogP contribution < -0.4 is 26.2 Å². The Bertz CT molecular complexity index is 3090. The van der Waals surface area contributed by atoms with Crippen LogP contribution in [0.25, 0.3) is 11.1 Å². The molecule has 0 atom stereocenters. The highest BCUT2D eigenvalue weighted by Crippen LogP contribution is 2.57. The average Bonchev–Trinajstić information content (AvgIpc) is 3.54. The van der Waals surface area contributed by atoms with Crippen LogP contribution in [0.5, 0.6) is 0 Å². The highest BCUT2D eigenvalue weighted by Gasteiger charge is 2.50. The van der Waals surface area contributed by atoms with Crippen LogP contribution in [0.3, 0.4) is 0 Å². The largest absolute Gasteiger partial charge is 0.311 e. The fourth-order valence-electron chi connectivity index (χ4n) is 14.8. The maximum atomic E-state index is 2.76. The lowest BCUT2D eigenvalue weighted by atomic mass is 9.33. The van der Waals surface area contributed by atoms with Crippen molar-refractivity contribution in [1.29, 1.82) is 0 Å². The minimum absolute atomic E-state index is 0.0309. The molecule has 0 spiro atoms. The number of fused-ring (bicyclic) bond motifs is 7. The monoisotopic (exact) mass is 883 g/mol. The van der Waals surface area contributed by atoms with E-state index in [0.29, 0.717) is 0 Å². The molecule has 5 aliphatic rings. The Kier molecular flexibility index (Phi) is 9.18. The number of nitrogens with zero attached hydrogens (tertiary/aromatic N) is 2. The van der Waals surface area contributed by atoms with Crippen molar-refractivity contribution in [2.75, 3.05) is 9.80 Å². The van der Waals surface area contributed by atoms with Gasteiger partial charge in [0.15, 0.2) is 0 Å². The summed E-state index contributed by atoms with van der Waals surface area (Å²) < 4.78 is 0. The van der Waals surface area contributed by atoms with Gasteiger partial charge in [-0.3, -0.25) is 0 Å². The molecular weight excluding hydrogens is 808 g/mol. The minimum Gasteiger partial charge on any atom is -0.311 e. The zero-order valence-corrected chi connectivity index (χ0v) is 44.0. The number of benzene rings is 6. The smallest absolute Gasteiger partial charge is 0.252 e. The first-order valence-corrected chi connectivity index (χ1v) is 25.6. The van der Waals surface area contributed by atoms with Gasteiger partial charge >= 0.3 is 0 Å². The molecule has 0 aromatic heterocycles. The molecule has 6 aromatic carbocycles. The Hall–Kier alpha value is -5.02. The highest BCUT2D eigenvalue weighted by atomic mass is 15.2. The Balaban J connectivity index is 1.30. The van der Waals surface area contributed by atoms with E-state index in [1.807, 2.05) is 0 Å². The molecular formula is C64H75BN2. The summed E-state index contributed by atoms with van der Waals surface area (Å²) in [7, 11) is 0. The van der Waals surface area contributed by atoms with Gasteiger partial charge in [0.05, 0.1) is 0 Å². The third-order valence-corrected chi connectivity index (χ3v) is 17.9. The van der Waals surface area contributed by atoms with Gasteiger partial charge in [-0.2, -0.15) is 0 Å². The van der Waals surface area contributed by atoms with Gasteiger partial charge in [-0.15, -0.1) is 0 Å². The van der Waals surface area contributed by atoms with E-state index in [-0.39, 0.29) is 44.6 Å². The van der Waals surface area contributed by atoms with E-state index in [0.717, 1.165) is 12.8 Å². The van der Waals surface area contributed by atoms with Crippen LogP contribution in [0.4, 0.5) is 34.1 Å². The maximum Gasteiger partial charge on any atom is 0.252 e. The second-order valence-corrected chi connectivity index (χ2v) is 26.9. The molecule has 2 aliphatic heterocycles. The number of aryl methyl sites for hydroxylation is 1. The van der Waals surface area contributed by atoms with Crippen LogP contribution in [0, 0.1) is 13.8 Å². The van der Waals surface area contributed by atoms with Gasteiger partial charge in [-0.1, -0.05) is 165 Å². The van der Waals surface area contributed by atoms with Crippen LogP contribution in [-0.2, 0) is 37.9 Å². The van der Waals surface area contributed by atoms with E-state index in [1.54, 1.807) is 5.56 Å². The van der Waals surface area contributed by atoms with E-state index in [1.165, 1.54) is 119 Å². The van der Waals surface area contributed by atoms with E-state index < -0.39 is 0 Å². The van der Waals surface area contributed by atoms with Crippen LogP contribution in [-0.4, -0.2) is 6.71 Å². The molecule has 6 aromatic rings. The molecule has 67 heavy (non-hydrogen) atoms. The normalized spacial score (nSPS) is 20.4. The maximum absolute atomic E-state index is 2.76. The summed E-state index contributed by atoms with van der Waals surface area (Å²) in [5, 5.41) is 0. The molecule has 2 nitrogen and oxygen atoms in total. The predicted octanol–water partition coefficient (Wildman–Crippen LogP) is 15.6. The summed E-state index contributed by atoms with van der Waals surface area (Å²) >= 11 is 0. The molecule has 0 unspecified atom stereocenters. The summed E-state index contributed by atoms with van der Waals surface area (Å²) in [6.45, 7) is 41.8. The third kappa shape index (κ3) is 6.41. The lowest BCUT2D eigenvalue weighted by Crippen LogP contribution is -2.62. The lowest BCUT2D eigenvalue weighted by molar-refractivity contribution is 0.330. The molecule has 0 amide bonds. The summed E-state index contributed by atoms with van der Waals surface area (Å²) in [4.78, 5) is 5.47. The van der Waals surface area contributed by atoms with Crippen molar-refractivity contribution in [3.05, 3.63) is 147 Å².